The number of alkyl halides is 6. The molecular formula is C18H16F6N2O4. The third-order valence-electron chi connectivity index (χ3n) is 3.97. The molecule has 0 fully saturated rings. The van der Waals surface area contributed by atoms with Crippen LogP contribution in [0.25, 0.3) is 10.8 Å². The smallest absolute Gasteiger partial charge is 0.422 e. The Labute approximate surface area is 166 Å². The molecule has 0 saturated carbocycles. The molecule has 0 unspecified atom stereocenters. The Balaban J connectivity index is 2.78. The summed E-state index contributed by atoms with van der Waals surface area (Å²) in [6.45, 7) is -2.39. The van der Waals surface area contributed by atoms with Crippen LogP contribution in [0.1, 0.15) is 15.9 Å². The van der Waals surface area contributed by atoms with Gasteiger partial charge in [-0.3, -0.25) is 9.59 Å². The number of primary amides is 1. The molecule has 30 heavy (non-hydrogen) atoms. The van der Waals surface area contributed by atoms with Crippen LogP contribution in [0.15, 0.2) is 24.3 Å². The highest BCUT2D eigenvalue weighted by Gasteiger charge is 2.38. The summed E-state index contributed by atoms with van der Waals surface area (Å²) in [5.41, 5.74) is 3.23. The summed E-state index contributed by atoms with van der Waals surface area (Å²) >= 11 is 0. The van der Waals surface area contributed by atoms with E-state index in [1.54, 1.807) is 0 Å². The number of nitrogens with two attached hydrogens (primary N) is 1. The van der Waals surface area contributed by atoms with Crippen LogP contribution in [-0.4, -0.2) is 50.2 Å². The standard InChI is InChI=1S/C18H16F6N2O4/c1-26(7-13(25)27)16(28)14-9-3-6-12(29-2)15(18(22,23)24)10(9)4-5-11(14)30-8-17(19,20)21/h3-6H,7-8H2,1-2H3,(H2,25,27). The molecule has 2 rings (SSSR count). The number of amides is 2. The van der Waals surface area contributed by atoms with Gasteiger partial charge < -0.3 is 20.1 Å². The third kappa shape index (κ3) is 5.05. The molecule has 0 aromatic heterocycles. The minimum atomic E-state index is -4.89. The van der Waals surface area contributed by atoms with Gasteiger partial charge in [-0.2, -0.15) is 26.3 Å². The fraction of sp³-hybridized carbons (Fsp3) is 0.333. The number of hydrogen-bond donors (Lipinski definition) is 1. The SMILES string of the molecule is COc1ccc2c(C(=O)N(C)CC(N)=O)c(OCC(F)(F)F)ccc2c1C(F)(F)F. The summed E-state index contributed by atoms with van der Waals surface area (Å²) in [6, 6.07) is 3.74. The van der Waals surface area contributed by atoms with E-state index in [4.69, 9.17) is 10.5 Å². The number of nitrogens with zero attached hydrogens (tertiary/aromatic N) is 1. The van der Waals surface area contributed by atoms with Crippen molar-refractivity contribution in [2.24, 2.45) is 5.73 Å². The number of halogens is 6. The Morgan fingerprint density at radius 1 is 1.00 bits per heavy atom. The van der Waals surface area contributed by atoms with Crippen molar-refractivity contribution in [3.05, 3.63) is 35.4 Å². The lowest BCUT2D eigenvalue weighted by Gasteiger charge is -2.22. The number of benzene rings is 2. The maximum absolute atomic E-state index is 13.6. The number of likely N-dealkylation sites (N-methyl/N-ethyl adjacent to an activating group) is 1. The van der Waals surface area contributed by atoms with E-state index in [0.29, 0.717) is 0 Å². The van der Waals surface area contributed by atoms with Crippen LogP contribution in [-0.2, 0) is 11.0 Å². The minimum absolute atomic E-state index is 0.330. The van der Waals surface area contributed by atoms with Crippen molar-refractivity contribution in [3.8, 4) is 11.5 Å². The van der Waals surface area contributed by atoms with E-state index in [2.05, 4.69) is 4.74 Å². The average molecular weight is 438 g/mol. The van der Waals surface area contributed by atoms with Crippen LogP contribution in [0.5, 0.6) is 11.5 Å². The Morgan fingerprint density at radius 3 is 2.07 bits per heavy atom. The molecule has 2 amide bonds. The Kier molecular flexibility index (Phi) is 6.38. The predicted octanol–water partition coefficient (Wildman–Crippen LogP) is 3.37. The van der Waals surface area contributed by atoms with Crippen molar-refractivity contribution in [2.75, 3.05) is 27.3 Å². The predicted molar refractivity (Wildman–Crippen MR) is 93.2 cm³/mol. The molecule has 0 radical (unpaired) electrons. The van der Waals surface area contributed by atoms with Gasteiger partial charge in [-0.25, -0.2) is 0 Å². The summed E-state index contributed by atoms with van der Waals surface area (Å²) < 4.78 is 88.0. The lowest BCUT2D eigenvalue weighted by Crippen LogP contribution is -2.35. The Hall–Kier alpha value is -3.18. The van der Waals surface area contributed by atoms with Crippen molar-refractivity contribution in [1.82, 2.24) is 4.90 Å². The molecule has 164 valence electrons. The number of carbonyl (C=O) groups is 2. The van der Waals surface area contributed by atoms with E-state index >= 15 is 0 Å². The van der Waals surface area contributed by atoms with E-state index in [1.165, 1.54) is 0 Å². The molecule has 0 aliphatic rings. The molecule has 2 aromatic rings. The number of methoxy groups -OCH3 is 1. The summed E-state index contributed by atoms with van der Waals surface area (Å²) in [5, 5.41) is -0.818. The van der Waals surface area contributed by atoms with Gasteiger partial charge in [0.2, 0.25) is 5.91 Å². The molecule has 0 atom stereocenters. The van der Waals surface area contributed by atoms with Crippen LogP contribution in [0, 0.1) is 0 Å². The molecule has 6 nitrogen and oxygen atoms in total. The van der Waals surface area contributed by atoms with Crippen LogP contribution in [0.3, 0.4) is 0 Å². The number of hydrogen-bond acceptors (Lipinski definition) is 4. The molecule has 12 heteroatoms. The van der Waals surface area contributed by atoms with Crippen LogP contribution in [0.2, 0.25) is 0 Å². The van der Waals surface area contributed by atoms with Crippen LogP contribution < -0.4 is 15.2 Å². The second-order valence-corrected chi connectivity index (χ2v) is 6.21. The van der Waals surface area contributed by atoms with Gasteiger partial charge >= 0.3 is 12.4 Å². The highest BCUT2D eigenvalue weighted by Crippen LogP contribution is 2.43. The Morgan fingerprint density at radius 2 is 1.57 bits per heavy atom. The topological polar surface area (TPSA) is 81.9 Å². The zero-order valence-corrected chi connectivity index (χ0v) is 15.6. The summed E-state index contributed by atoms with van der Waals surface area (Å²) in [5.74, 6) is -3.11. The molecule has 0 aliphatic heterocycles. The quantitative estimate of drug-likeness (QED) is 0.702. The summed E-state index contributed by atoms with van der Waals surface area (Å²) in [7, 11) is 2.14. The number of fused-ring (bicyclic) bond motifs is 1. The molecule has 2 N–H and O–H groups in total. The highest BCUT2D eigenvalue weighted by molar-refractivity contribution is 6.11. The molecule has 0 spiro atoms. The van der Waals surface area contributed by atoms with Crippen molar-refractivity contribution < 1.29 is 45.4 Å². The van der Waals surface area contributed by atoms with E-state index in [-0.39, 0.29) is 5.39 Å². The molecular weight excluding hydrogens is 422 g/mol. The average Bonchev–Trinajstić information content (AvgIpc) is 2.62. The maximum atomic E-state index is 13.6. The van der Waals surface area contributed by atoms with Crippen LogP contribution >= 0.6 is 0 Å². The van der Waals surface area contributed by atoms with Gasteiger partial charge in [-0.15, -0.1) is 0 Å². The van der Waals surface area contributed by atoms with Crippen molar-refractivity contribution in [3.63, 3.8) is 0 Å². The van der Waals surface area contributed by atoms with Gasteiger partial charge in [-0.1, -0.05) is 0 Å². The molecule has 2 aromatic carbocycles. The summed E-state index contributed by atoms with van der Waals surface area (Å²) in [4.78, 5) is 24.7. The normalized spacial score (nSPS) is 12.0. The largest absolute Gasteiger partial charge is 0.496 e. The third-order valence-corrected chi connectivity index (χ3v) is 3.97. The molecule has 0 saturated heterocycles. The first-order chi connectivity index (χ1) is 13.8. The van der Waals surface area contributed by atoms with E-state index in [1.807, 2.05) is 0 Å². The monoisotopic (exact) mass is 438 g/mol. The number of ether oxygens (including phenoxy) is 2. The van der Waals surface area contributed by atoms with Crippen molar-refractivity contribution in [1.29, 1.82) is 0 Å². The Bertz CT molecular complexity index is 972. The summed E-state index contributed by atoms with van der Waals surface area (Å²) in [6.07, 6.45) is -9.65. The van der Waals surface area contributed by atoms with Gasteiger partial charge in [0.25, 0.3) is 5.91 Å². The van der Waals surface area contributed by atoms with Gasteiger partial charge in [0, 0.05) is 7.05 Å². The number of carbonyl (C=O) groups excluding carboxylic acids is 2. The highest BCUT2D eigenvalue weighted by atomic mass is 19.4. The fourth-order valence-electron chi connectivity index (χ4n) is 2.83. The van der Waals surface area contributed by atoms with E-state index < -0.39 is 65.3 Å². The van der Waals surface area contributed by atoms with Gasteiger partial charge in [0.1, 0.15) is 17.1 Å². The zero-order valence-electron chi connectivity index (χ0n) is 15.6. The second-order valence-electron chi connectivity index (χ2n) is 6.21. The molecule has 0 bridgehead atoms. The van der Waals surface area contributed by atoms with Crippen LogP contribution in [0.4, 0.5) is 26.3 Å². The van der Waals surface area contributed by atoms with Gasteiger partial charge in [-0.05, 0) is 35.0 Å². The van der Waals surface area contributed by atoms with Gasteiger partial charge in [0.15, 0.2) is 6.61 Å². The lowest BCUT2D eigenvalue weighted by molar-refractivity contribution is -0.153. The molecule has 0 aliphatic carbocycles. The van der Waals surface area contributed by atoms with Crippen molar-refractivity contribution in [2.45, 2.75) is 12.4 Å². The fourth-order valence-corrected chi connectivity index (χ4v) is 2.83. The first-order valence-corrected chi connectivity index (χ1v) is 8.20. The molecule has 0 heterocycles. The first kappa shape index (κ1) is 23.1. The maximum Gasteiger partial charge on any atom is 0.422 e. The minimum Gasteiger partial charge on any atom is -0.496 e. The van der Waals surface area contributed by atoms with E-state index in [0.717, 1.165) is 43.3 Å². The number of rotatable bonds is 6. The second kappa shape index (κ2) is 8.28. The zero-order chi connectivity index (χ0) is 22.9. The van der Waals surface area contributed by atoms with Crippen molar-refractivity contribution >= 4 is 22.6 Å². The van der Waals surface area contributed by atoms with E-state index in [9.17, 15) is 35.9 Å². The van der Waals surface area contributed by atoms with Gasteiger partial charge in [0.05, 0.1) is 19.2 Å². The first-order valence-electron chi connectivity index (χ1n) is 8.20. The lowest BCUT2D eigenvalue weighted by atomic mass is 9.97.